The minimum atomic E-state index is -0.530. The van der Waals surface area contributed by atoms with Crippen LogP contribution < -0.4 is 19.9 Å². The van der Waals surface area contributed by atoms with Crippen LogP contribution in [0.2, 0.25) is 0 Å². The molecule has 0 spiro atoms. The Balaban J connectivity index is 2.39. The van der Waals surface area contributed by atoms with Crippen molar-refractivity contribution in [3.8, 4) is 17.2 Å². The zero-order chi connectivity index (χ0) is 20.7. The molecule has 0 fully saturated rings. The van der Waals surface area contributed by atoms with E-state index in [9.17, 15) is 4.79 Å². The SMILES string of the molecule is CCOC(=O)c1ccc(N)c(C(=N)/C=C/c2ccc(OC)c(OC)c2)c1OC. The average molecular weight is 384 g/mol. The summed E-state index contributed by atoms with van der Waals surface area (Å²) in [5, 5.41) is 8.43. The van der Waals surface area contributed by atoms with E-state index in [0.29, 0.717) is 22.7 Å². The second-order valence-electron chi connectivity index (χ2n) is 5.69. The number of nitrogens with two attached hydrogens (primary N) is 1. The van der Waals surface area contributed by atoms with Gasteiger partial charge in [-0.3, -0.25) is 0 Å². The second kappa shape index (κ2) is 9.45. The maximum absolute atomic E-state index is 12.2. The van der Waals surface area contributed by atoms with E-state index in [-0.39, 0.29) is 23.6 Å². The first-order chi connectivity index (χ1) is 13.5. The molecule has 0 atom stereocenters. The number of benzene rings is 2. The van der Waals surface area contributed by atoms with E-state index in [4.69, 9.17) is 30.1 Å². The summed E-state index contributed by atoms with van der Waals surface area (Å²) in [6, 6.07) is 8.49. The van der Waals surface area contributed by atoms with Crippen LogP contribution in [0, 0.1) is 5.41 Å². The highest BCUT2D eigenvalue weighted by atomic mass is 16.5. The molecule has 0 aromatic heterocycles. The van der Waals surface area contributed by atoms with Gasteiger partial charge in [0.05, 0.1) is 39.2 Å². The molecule has 0 radical (unpaired) electrons. The molecule has 0 aliphatic rings. The van der Waals surface area contributed by atoms with E-state index >= 15 is 0 Å². The van der Waals surface area contributed by atoms with E-state index in [0.717, 1.165) is 5.56 Å². The third-order valence-electron chi connectivity index (χ3n) is 4.01. The molecule has 0 heterocycles. The van der Waals surface area contributed by atoms with Gasteiger partial charge in [-0.05, 0) is 42.8 Å². The van der Waals surface area contributed by atoms with Crippen LogP contribution in [0.3, 0.4) is 0 Å². The predicted molar refractivity (Wildman–Crippen MR) is 109 cm³/mol. The first kappa shape index (κ1) is 20.8. The molecule has 0 saturated heterocycles. The van der Waals surface area contributed by atoms with Crippen LogP contribution in [0.1, 0.15) is 28.4 Å². The summed E-state index contributed by atoms with van der Waals surface area (Å²) in [6.45, 7) is 1.95. The van der Waals surface area contributed by atoms with Gasteiger partial charge in [-0.1, -0.05) is 12.1 Å². The summed E-state index contributed by atoms with van der Waals surface area (Å²) in [5.74, 6) is 0.873. The number of carbonyl (C=O) groups excluding carboxylic acids is 1. The molecule has 2 aromatic carbocycles. The van der Waals surface area contributed by atoms with Crippen molar-refractivity contribution in [2.24, 2.45) is 0 Å². The first-order valence-electron chi connectivity index (χ1n) is 8.59. The number of methoxy groups -OCH3 is 3. The summed E-state index contributed by atoms with van der Waals surface area (Å²) in [5.41, 5.74) is 7.82. The van der Waals surface area contributed by atoms with Crippen LogP contribution >= 0.6 is 0 Å². The van der Waals surface area contributed by atoms with E-state index in [1.165, 1.54) is 13.2 Å². The van der Waals surface area contributed by atoms with Crippen molar-refractivity contribution in [1.29, 1.82) is 5.41 Å². The number of carbonyl (C=O) groups is 1. The Hall–Kier alpha value is -3.48. The van der Waals surface area contributed by atoms with Gasteiger partial charge in [-0.25, -0.2) is 4.79 Å². The Morgan fingerprint density at radius 3 is 2.39 bits per heavy atom. The lowest BCUT2D eigenvalue weighted by Gasteiger charge is -2.14. The number of nitrogens with one attached hydrogen (secondary N) is 1. The van der Waals surface area contributed by atoms with Crippen LogP contribution in [0.15, 0.2) is 36.4 Å². The molecule has 7 heteroatoms. The van der Waals surface area contributed by atoms with E-state index in [2.05, 4.69) is 0 Å². The Labute approximate surface area is 164 Å². The normalized spacial score (nSPS) is 10.6. The number of esters is 1. The highest BCUT2D eigenvalue weighted by Crippen LogP contribution is 2.31. The molecule has 0 bridgehead atoms. The van der Waals surface area contributed by atoms with Crippen molar-refractivity contribution in [3.05, 3.63) is 53.1 Å². The summed E-state index contributed by atoms with van der Waals surface area (Å²) < 4.78 is 20.9. The maximum atomic E-state index is 12.2. The summed E-state index contributed by atoms with van der Waals surface area (Å²) in [7, 11) is 4.54. The van der Waals surface area contributed by atoms with Crippen molar-refractivity contribution < 1.29 is 23.7 Å². The van der Waals surface area contributed by atoms with Crippen molar-refractivity contribution >= 4 is 23.4 Å². The highest BCUT2D eigenvalue weighted by Gasteiger charge is 2.21. The predicted octanol–water partition coefficient (Wildman–Crippen LogP) is 3.55. The minimum absolute atomic E-state index is 0.0929. The lowest BCUT2D eigenvalue weighted by molar-refractivity contribution is 0.0522. The molecule has 2 rings (SSSR count). The van der Waals surface area contributed by atoms with Gasteiger partial charge < -0.3 is 30.1 Å². The molecule has 28 heavy (non-hydrogen) atoms. The van der Waals surface area contributed by atoms with Gasteiger partial charge in [0.2, 0.25) is 0 Å². The summed E-state index contributed by atoms with van der Waals surface area (Å²) >= 11 is 0. The lowest BCUT2D eigenvalue weighted by atomic mass is 10.0. The van der Waals surface area contributed by atoms with Gasteiger partial charge in [-0.15, -0.1) is 0 Å². The van der Waals surface area contributed by atoms with Crippen molar-refractivity contribution in [2.45, 2.75) is 6.92 Å². The molecule has 7 nitrogen and oxygen atoms in total. The van der Waals surface area contributed by atoms with Gasteiger partial charge in [0, 0.05) is 5.69 Å². The van der Waals surface area contributed by atoms with E-state index in [1.807, 2.05) is 6.07 Å². The number of rotatable bonds is 8. The fourth-order valence-corrected chi connectivity index (χ4v) is 2.68. The fourth-order valence-electron chi connectivity index (χ4n) is 2.68. The fraction of sp³-hybridized carbons (Fsp3) is 0.238. The zero-order valence-electron chi connectivity index (χ0n) is 16.4. The van der Waals surface area contributed by atoms with Crippen molar-refractivity contribution in [3.63, 3.8) is 0 Å². The highest BCUT2D eigenvalue weighted by molar-refractivity contribution is 6.15. The molecule has 148 valence electrons. The van der Waals surface area contributed by atoms with E-state index in [1.54, 1.807) is 51.5 Å². The molecule has 0 amide bonds. The molecule has 2 aromatic rings. The third-order valence-corrected chi connectivity index (χ3v) is 4.01. The smallest absolute Gasteiger partial charge is 0.341 e. The van der Waals surface area contributed by atoms with Crippen LogP contribution in [0.5, 0.6) is 17.2 Å². The van der Waals surface area contributed by atoms with Gasteiger partial charge in [0.15, 0.2) is 11.5 Å². The maximum Gasteiger partial charge on any atom is 0.341 e. The average Bonchev–Trinajstić information content (AvgIpc) is 2.71. The Morgan fingerprint density at radius 1 is 1.07 bits per heavy atom. The molecular weight excluding hydrogens is 360 g/mol. The minimum Gasteiger partial charge on any atom is -0.495 e. The van der Waals surface area contributed by atoms with Crippen LogP contribution in [-0.2, 0) is 4.74 Å². The number of hydrogen-bond donors (Lipinski definition) is 2. The largest absolute Gasteiger partial charge is 0.495 e. The van der Waals surface area contributed by atoms with Gasteiger partial charge in [0.1, 0.15) is 11.3 Å². The topological polar surface area (TPSA) is 104 Å². The summed E-state index contributed by atoms with van der Waals surface area (Å²) in [6.07, 6.45) is 3.31. The first-order valence-corrected chi connectivity index (χ1v) is 8.59. The molecule has 0 unspecified atom stereocenters. The molecule has 0 saturated carbocycles. The third kappa shape index (κ3) is 4.43. The molecule has 0 aliphatic carbocycles. The molecule has 0 aliphatic heterocycles. The molecule has 3 N–H and O–H groups in total. The Bertz CT molecular complexity index is 906. The van der Waals surface area contributed by atoms with Gasteiger partial charge in [-0.2, -0.15) is 0 Å². The van der Waals surface area contributed by atoms with Crippen molar-refractivity contribution in [2.75, 3.05) is 33.7 Å². The quantitative estimate of drug-likeness (QED) is 0.410. The Morgan fingerprint density at radius 2 is 1.79 bits per heavy atom. The number of allylic oxidation sites excluding steroid dienone is 1. The standard InChI is InChI=1S/C21H24N2O5/c1-5-28-21(24)14-8-10-16(23)19(20(14)27-4)15(22)9-6-13-7-11-17(25-2)18(12-13)26-3/h6-12,22H,5,23H2,1-4H3/b9-6+,22-15?. The zero-order valence-corrected chi connectivity index (χ0v) is 16.4. The second-order valence-corrected chi connectivity index (χ2v) is 5.69. The summed E-state index contributed by atoms with van der Waals surface area (Å²) in [4.78, 5) is 12.2. The van der Waals surface area contributed by atoms with Gasteiger partial charge in [0.25, 0.3) is 0 Å². The number of hydrogen-bond acceptors (Lipinski definition) is 7. The van der Waals surface area contributed by atoms with Crippen molar-refractivity contribution in [1.82, 2.24) is 0 Å². The van der Waals surface area contributed by atoms with Crippen LogP contribution in [0.4, 0.5) is 5.69 Å². The van der Waals surface area contributed by atoms with Crippen LogP contribution in [-0.4, -0.2) is 39.6 Å². The number of anilines is 1. The Kier molecular flexibility index (Phi) is 7.03. The molecular formula is C21H24N2O5. The number of nitrogen functional groups attached to an aromatic ring is 1. The van der Waals surface area contributed by atoms with Gasteiger partial charge >= 0.3 is 5.97 Å². The van der Waals surface area contributed by atoms with E-state index < -0.39 is 5.97 Å². The van der Waals surface area contributed by atoms with Crippen LogP contribution in [0.25, 0.3) is 6.08 Å². The lowest BCUT2D eigenvalue weighted by Crippen LogP contribution is -2.12. The monoisotopic (exact) mass is 384 g/mol. The number of ether oxygens (including phenoxy) is 4.